The molecule has 0 spiro atoms. The Morgan fingerprint density at radius 3 is 1.94 bits per heavy atom. The predicted octanol–water partition coefficient (Wildman–Crippen LogP) is 11.9. The molecule has 0 radical (unpaired) electrons. The van der Waals surface area contributed by atoms with E-state index in [0.29, 0.717) is 5.89 Å². The normalized spacial score (nSPS) is 11.4. The minimum Gasteiger partial charge on any atom is -0.436 e. The lowest BCUT2D eigenvalue weighted by Gasteiger charge is -2.15. The van der Waals surface area contributed by atoms with E-state index in [2.05, 4.69) is 140 Å². The maximum absolute atomic E-state index is 6.31. The lowest BCUT2D eigenvalue weighted by molar-refractivity contribution is 0.620. The number of para-hydroxylation sites is 1. The van der Waals surface area contributed by atoms with Gasteiger partial charge in [-0.25, -0.2) is 9.97 Å². The number of rotatable bonds is 5. The van der Waals surface area contributed by atoms with Crippen LogP contribution in [0.1, 0.15) is 0 Å². The molecule has 0 fully saturated rings. The van der Waals surface area contributed by atoms with Gasteiger partial charge < -0.3 is 4.42 Å². The first-order valence-electron chi connectivity index (χ1n) is 15.8. The van der Waals surface area contributed by atoms with Crippen LogP contribution >= 0.6 is 0 Å². The Morgan fingerprint density at radius 1 is 0.383 bits per heavy atom. The maximum Gasteiger partial charge on any atom is 0.227 e. The van der Waals surface area contributed by atoms with Gasteiger partial charge in [0.2, 0.25) is 5.89 Å². The van der Waals surface area contributed by atoms with Gasteiger partial charge in [0.25, 0.3) is 0 Å². The van der Waals surface area contributed by atoms with Crippen molar-refractivity contribution in [3.05, 3.63) is 170 Å². The van der Waals surface area contributed by atoms with Gasteiger partial charge >= 0.3 is 0 Å². The molecule has 0 saturated carbocycles. The SMILES string of the molecule is c1ccc(-c2nc3ccc(-c4c(-c5cccc(-c6cc(-c7ccccc7)c7ccccc7n6)c5)ccc5ccccc45)cc3o2)cc1. The highest BCUT2D eigenvalue weighted by Crippen LogP contribution is 2.41. The molecule has 9 aromatic rings. The van der Waals surface area contributed by atoms with Gasteiger partial charge in [-0.1, -0.05) is 127 Å². The van der Waals surface area contributed by atoms with Gasteiger partial charge in [-0.05, 0) is 86.6 Å². The van der Waals surface area contributed by atoms with Gasteiger partial charge in [0.1, 0.15) is 5.52 Å². The summed E-state index contributed by atoms with van der Waals surface area (Å²) in [5.41, 5.74) is 12.5. The zero-order valence-electron chi connectivity index (χ0n) is 25.5. The van der Waals surface area contributed by atoms with Crippen molar-refractivity contribution in [2.45, 2.75) is 0 Å². The zero-order valence-corrected chi connectivity index (χ0v) is 25.5. The Morgan fingerprint density at radius 2 is 1.09 bits per heavy atom. The van der Waals surface area contributed by atoms with Crippen molar-refractivity contribution in [2.24, 2.45) is 0 Å². The van der Waals surface area contributed by atoms with E-state index in [0.717, 1.165) is 61.1 Å². The van der Waals surface area contributed by atoms with E-state index in [9.17, 15) is 0 Å². The van der Waals surface area contributed by atoms with Crippen LogP contribution in [0.15, 0.2) is 174 Å². The molecular weight excluding hydrogens is 572 g/mol. The highest BCUT2D eigenvalue weighted by Gasteiger charge is 2.16. The van der Waals surface area contributed by atoms with E-state index >= 15 is 0 Å². The summed E-state index contributed by atoms with van der Waals surface area (Å²) >= 11 is 0. The third-order valence-electron chi connectivity index (χ3n) is 8.90. The highest BCUT2D eigenvalue weighted by atomic mass is 16.3. The zero-order chi connectivity index (χ0) is 31.2. The summed E-state index contributed by atoms with van der Waals surface area (Å²) in [6, 6.07) is 59.3. The number of pyridine rings is 1. The standard InChI is InChI=1S/C44H28N2O/c1-3-12-29(13-4-1)38-28-41(45-39-21-10-9-20-37(38)39)33-18-11-17-32(26-33)36-24-22-30-14-7-8-19-35(30)43(36)34-23-25-40-42(27-34)47-44(46-40)31-15-5-2-6-16-31/h1-28H. The highest BCUT2D eigenvalue weighted by molar-refractivity contribution is 6.05. The van der Waals surface area contributed by atoms with Crippen molar-refractivity contribution in [2.75, 3.05) is 0 Å². The van der Waals surface area contributed by atoms with E-state index < -0.39 is 0 Å². The van der Waals surface area contributed by atoms with Crippen molar-refractivity contribution in [3.8, 4) is 56.1 Å². The van der Waals surface area contributed by atoms with E-state index in [1.54, 1.807) is 0 Å². The van der Waals surface area contributed by atoms with Gasteiger partial charge in [0, 0.05) is 16.5 Å². The Hall–Kier alpha value is -6.32. The Bertz CT molecular complexity index is 2570. The van der Waals surface area contributed by atoms with E-state index in [1.807, 2.05) is 30.3 Å². The molecule has 2 heterocycles. The first kappa shape index (κ1) is 27.0. The molecule has 9 rings (SSSR count). The lowest BCUT2D eigenvalue weighted by Crippen LogP contribution is -1.92. The predicted molar refractivity (Wildman–Crippen MR) is 194 cm³/mol. The monoisotopic (exact) mass is 600 g/mol. The summed E-state index contributed by atoms with van der Waals surface area (Å²) < 4.78 is 6.31. The fraction of sp³-hybridized carbons (Fsp3) is 0. The average molecular weight is 601 g/mol. The van der Waals surface area contributed by atoms with Crippen LogP contribution in [-0.2, 0) is 0 Å². The first-order valence-corrected chi connectivity index (χ1v) is 15.8. The Kier molecular flexibility index (Phi) is 6.46. The fourth-order valence-electron chi connectivity index (χ4n) is 6.63. The minimum absolute atomic E-state index is 0.626. The van der Waals surface area contributed by atoms with Gasteiger partial charge in [-0.2, -0.15) is 0 Å². The third kappa shape index (κ3) is 4.86. The van der Waals surface area contributed by atoms with E-state index in [1.165, 1.54) is 21.9 Å². The van der Waals surface area contributed by atoms with Crippen LogP contribution in [0.25, 0.3) is 88.9 Å². The second-order valence-corrected chi connectivity index (χ2v) is 11.8. The summed E-state index contributed by atoms with van der Waals surface area (Å²) in [4.78, 5) is 9.92. The fourth-order valence-corrected chi connectivity index (χ4v) is 6.63. The Balaban J connectivity index is 1.21. The summed E-state index contributed by atoms with van der Waals surface area (Å²) in [7, 11) is 0. The van der Waals surface area contributed by atoms with Gasteiger partial charge in [-0.3, -0.25) is 0 Å². The molecule has 0 N–H and O–H groups in total. The molecule has 0 saturated heterocycles. The van der Waals surface area contributed by atoms with Crippen molar-refractivity contribution in [1.29, 1.82) is 0 Å². The number of benzene rings is 7. The molecule has 3 heteroatoms. The number of fused-ring (bicyclic) bond motifs is 3. The van der Waals surface area contributed by atoms with Crippen LogP contribution < -0.4 is 0 Å². The first-order chi connectivity index (χ1) is 23.3. The van der Waals surface area contributed by atoms with Crippen molar-refractivity contribution in [3.63, 3.8) is 0 Å². The molecule has 0 bridgehead atoms. The van der Waals surface area contributed by atoms with Crippen molar-refractivity contribution in [1.82, 2.24) is 9.97 Å². The molecular formula is C44H28N2O. The molecule has 0 aliphatic carbocycles. The largest absolute Gasteiger partial charge is 0.436 e. The van der Waals surface area contributed by atoms with Gasteiger partial charge in [0.05, 0.1) is 11.2 Å². The van der Waals surface area contributed by atoms with Gasteiger partial charge in [0.15, 0.2) is 5.58 Å². The summed E-state index contributed by atoms with van der Waals surface area (Å²) in [6.07, 6.45) is 0. The van der Waals surface area contributed by atoms with E-state index in [4.69, 9.17) is 14.4 Å². The molecule has 0 atom stereocenters. The van der Waals surface area contributed by atoms with Crippen LogP contribution in [0, 0.1) is 0 Å². The third-order valence-corrected chi connectivity index (χ3v) is 8.90. The minimum atomic E-state index is 0.626. The second-order valence-electron chi connectivity index (χ2n) is 11.8. The average Bonchev–Trinajstić information content (AvgIpc) is 3.58. The molecule has 2 aromatic heterocycles. The second kappa shape index (κ2) is 11.2. The van der Waals surface area contributed by atoms with Gasteiger partial charge in [-0.15, -0.1) is 0 Å². The number of hydrogen-bond acceptors (Lipinski definition) is 3. The molecule has 3 nitrogen and oxygen atoms in total. The summed E-state index contributed by atoms with van der Waals surface area (Å²) in [5, 5.41) is 3.52. The molecule has 0 aliphatic heterocycles. The van der Waals surface area contributed by atoms with Crippen molar-refractivity contribution >= 4 is 32.8 Å². The summed E-state index contributed by atoms with van der Waals surface area (Å²) in [6.45, 7) is 0. The van der Waals surface area contributed by atoms with Crippen LogP contribution in [0.5, 0.6) is 0 Å². The van der Waals surface area contributed by atoms with Crippen LogP contribution in [-0.4, -0.2) is 9.97 Å². The topological polar surface area (TPSA) is 38.9 Å². The molecule has 0 unspecified atom stereocenters. The molecule has 0 amide bonds. The number of aromatic nitrogens is 2. The van der Waals surface area contributed by atoms with Crippen LogP contribution in [0.4, 0.5) is 0 Å². The molecule has 7 aromatic carbocycles. The van der Waals surface area contributed by atoms with Crippen LogP contribution in [0.2, 0.25) is 0 Å². The summed E-state index contributed by atoms with van der Waals surface area (Å²) in [5.74, 6) is 0.626. The smallest absolute Gasteiger partial charge is 0.227 e. The quantitative estimate of drug-likeness (QED) is 0.197. The molecule has 47 heavy (non-hydrogen) atoms. The van der Waals surface area contributed by atoms with E-state index in [-0.39, 0.29) is 0 Å². The maximum atomic E-state index is 6.31. The molecule has 220 valence electrons. The number of oxazole rings is 1. The molecule has 0 aliphatic rings. The van der Waals surface area contributed by atoms with Crippen molar-refractivity contribution < 1.29 is 4.42 Å². The Labute approximate surface area is 272 Å². The number of nitrogens with zero attached hydrogens (tertiary/aromatic N) is 2. The number of hydrogen-bond donors (Lipinski definition) is 0. The lowest BCUT2D eigenvalue weighted by atomic mass is 9.89. The van der Waals surface area contributed by atoms with Crippen LogP contribution in [0.3, 0.4) is 0 Å².